The van der Waals surface area contributed by atoms with E-state index >= 15 is 0 Å². The summed E-state index contributed by atoms with van der Waals surface area (Å²) in [5.41, 5.74) is 2.32. The predicted octanol–water partition coefficient (Wildman–Crippen LogP) is 3.14. The molecule has 3 nitrogen and oxygen atoms in total. The zero-order chi connectivity index (χ0) is 13.9. The van der Waals surface area contributed by atoms with Crippen molar-refractivity contribution in [3.63, 3.8) is 0 Å². The normalized spacial score (nSPS) is 16.8. The summed E-state index contributed by atoms with van der Waals surface area (Å²) in [6.07, 6.45) is 1.12. The predicted molar refractivity (Wildman–Crippen MR) is 79.4 cm³/mol. The lowest BCUT2D eigenvalue weighted by Crippen LogP contribution is -2.29. The molecule has 0 bridgehead atoms. The first kappa shape index (κ1) is 13.3. The monoisotopic (exact) mass is 289 g/mol. The molecular formula is C16H16ClNO2. The van der Waals surface area contributed by atoms with Gasteiger partial charge >= 0.3 is 0 Å². The summed E-state index contributed by atoms with van der Waals surface area (Å²) in [5, 5.41) is 13.1. The van der Waals surface area contributed by atoms with Crippen LogP contribution in [0.25, 0.3) is 0 Å². The summed E-state index contributed by atoms with van der Waals surface area (Å²) in [6, 6.07) is 13.4. The number of hydrogen-bond donors (Lipinski definition) is 2. The molecule has 1 heterocycles. The van der Waals surface area contributed by atoms with E-state index in [1.165, 1.54) is 5.56 Å². The Kier molecular flexibility index (Phi) is 3.81. The molecule has 2 N–H and O–H groups in total. The SMILES string of the molecule is Oc1ccc(CNCC2Cc3ccccc3O2)cc1Cl. The number of aromatic hydroxyl groups is 1. The van der Waals surface area contributed by atoms with Crippen molar-refractivity contribution in [3.05, 3.63) is 58.6 Å². The molecule has 1 atom stereocenters. The van der Waals surface area contributed by atoms with E-state index in [4.69, 9.17) is 16.3 Å². The Hall–Kier alpha value is -1.71. The molecule has 0 saturated heterocycles. The number of hydrogen-bond acceptors (Lipinski definition) is 3. The Labute approximate surface area is 123 Å². The van der Waals surface area contributed by atoms with Gasteiger partial charge in [0.25, 0.3) is 0 Å². The van der Waals surface area contributed by atoms with Crippen molar-refractivity contribution in [1.29, 1.82) is 0 Å². The molecular weight excluding hydrogens is 274 g/mol. The molecule has 2 aromatic rings. The van der Waals surface area contributed by atoms with Gasteiger partial charge in [0.05, 0.1) is 5.02 Å². The van der Waals surface area contributed by atoms with Crippen molar-refractivity contribution < 1.29 is 9.84 Å². The van der Waals surface area contributed by atoms with Gasteiger partial charge in [-0.3, -0.25) is 0 Å². The van der Waals surface area contributed by atoms with Crippen LogP contribution in [0.1, 0.15) is 11.1 Å². The first-order chi connectivity index (χ1) is 9.72. The average molecular weight is 290 g/mol. The van der Waals surface area contributed by atoms with Crippen LogP contribution in [0.2, 0.25) is 5.02 Å². The number of phenols is 1. The molecule has 0 radical (unpaired) electrons. The Morgan fingerprint density at radius 1 is 1.25 bits per heavy atom. The second kappa shape index (κ2) is 5.73. The molecule has 2 aromatic carbocycles. The molecule has 1 unspecified atom stereocenters. The third-order valence-corrected chi connectivity index (χ3v) is 3.73. The van der Waals surface area contributed by atoms with Gasteiger partial charge < -0.3 is 15.2 Å². The highest BCUT2D eigenvalue weighted by atomic mass is 35.5. The van der Waals surface area contributed by atoms with E-state index in [1.54, 1.807) is 12.1 Å². The number of ether oxygens (including phenoxy) is 1. The number of rotatable bonds is 4. The van der Waals surface area contributed by atoms with Gasteiger partial charge in [-0.25, -0.2) is 0 Å². The van der Waals surface area contributed by atoms with E-state index in [9.17, 15) is 5.11 Å². The topological polar surface area (TPSA) is 41.5 Å². The average Bonchev–Trinajstić information content (AvgIpc) is 2.85. The quantitative estimate of drug-likeness (QED) is 0.908. The first-order valence-electron chi connectivity index (χ1n) is 6.65. The Balaban J connectivity index is 1.51. The van der Waals surface area contributed by atoms with Crippen LogP contribution in [0, 0.1) is 0 Å². The maximum atomic E-state index is 9.37. The molecule has 0 saturated carbocycles. The van der Waals surface area contributed by atoms with Gasteiger partial charge in [-0.05, 0) is 29.3 Å². The number of fused-ring (bicyclic) bond motifs is 1. The lowest BCUT2D eigenvalue weighted by atomic mass is 10.1. The largest absolute Gasteiger partial charge is 0.506 e. The van der Waals surface area contributed by atoms with E-state index in [-0.39, 0.29) is 11.9 Å². The third-order valence-electron chi connectivity index (χ3n) is 3.43. The Bertz CT molecular complexity index is 590. The maximum Gasteiger partial charge on any atom is 0.134 e. The first-order valence-corrected chi connectivity index (χ1v) is 7.03. The van der Waals surface area contributed by atoms with E-state index in [1.807, 2.05) is 24.3 Å². The van der Waals surface area contributed by atoms with E-state index in [0.29, 0.717) is 11.6 Å². The highest BCUT2D eigenvalue weighted by Crippen LogP contribution is 2.28. The molecule has 3 rings (SSSR count). The van der Waals surface area contributed by atoms with Gasteiger partial charge in [-0.1, -0.05) is 35.9 Å². The van der Waals surface area contributed by atoms with Crippen molar-refractivity contribution in [2.75, 3.05) is 6.54 Å². The van der Waals surface area contributed by atoms with Crippen LogP contribution in [-0.4, -0.2) is 17.8 Å². The van der Waals surface area contributed by atoms with E-state index in [0.717, 1.165) is 24.3 Å². The highest BCUT2D eigenvalue weighted by Gasteiger charge is 2.21. The number of benzene rings is 2. The maximum absolute atomic E-state index is 9.37. The minimum atomic E-state index is 0.116. The number of nitrogens with one attached hydrogen (secondary N) is 1. The molecule has 0 aliphatic carbocycles. The molecule has 1 aliphatic rings. The van der Waals surface area contributed by atoms with Crippen molar-refractivity contribution >= 4 is 11.6 Å². The second-order valence-corrected chi connectivity index (χ2v) is 5.38. The summed E-state index contributed by atoms with van der Waals surface area (Å²) in [4.78, 5) is 0. The minimum Gasteiger partial charge on any atom is -0.506 e. The van der Waals surface area contributed by atoms with Gasteiger partial charge in [0.2, 0.25) is 0 Å². The highest BCUT2D eigenvalue weighted by molar-refractivity contribution is 6.32. The zero-order valence-corrected chi connectivity index (χ0v) is 11.7. The van der Waals surface area contributed by atoms with Crippen molar-refractivity contribution in [3.8, 4) is 11.5 Å². The molecule has 0 aromatic heterocycles. The Morgan fingerprint density at radius 3 is 2.90 bits per heavy atom. The summed E-state index contributed by atoms with van der Waals surface area (Å²) in [5.74, 6) is 1.11. The van der Waals surface area contributed by atoms with Gasteiger partial charge in [0, 0.05) is 19.5 Å². The summed E-state index contributed by atoms with van der Waals surface area (Å²) >= 11 is 5.88. The van der Waals surface area contributed by atoms with Crippen LogP contribution >= 0.6 is 11.6 Å². The van der Waals surface area contributed by atoms with Gasteiger partial charge in [0.1, 0.15) is 17.6 Å². The van der Waals surface area contributed by atoms with E-state index < -0.39 is 0 Å². The molecule has 0 spiro atoms. The third kappa shape index (κ3) is 2.89. The van der Waals surface area contributed by atoms with Crippen LogP contribution in [0.15, 0.2) is 42.5 Å². The van der Waals surface area contributed by atoms with Crippen molar-refractivity contribution in [1.82, 2.24) is 5.32 Å². The second-order valence-electron chi connectivity index (χ2n) is 4.97. The van der Waals surface area contributed by atoms with Gasteiger partial charge in [-0.15, -0.1) is 0 Å². The number of halogens is 1. The standard InChI is InChI=1S/C16H16ClNO2/c17-14-7-11(5-6-15(14)19)9-18-10-13-8-12-3-1-2-4-16(12)20-13/h1-7,13,18-19H,8-10H2. The zero-order valence-electron chi connectivity index (χ0n) is 11.0. The molecule has 20 heavy (non-hydrogen) atoms. The van der Waals surface area contributed by atoms with Crippen LogP contribution in [0.4, 0.5) is 0 Å². The van der Waals surface area contributed by atoms with Crippen molar-refractivity contribution in [2.24, 2.45) is 0 Å². The number of phenolic OH excluding ortho intramolecular Hbond substituents is 1. The lowest BCUT2D eigenvalue weighted by Gasteiger charge is -2.12. The summed E-state index contributed by atoms with van der Waals surface area (Å²) in [6.45, 7) is 1.49. The Morgan fingerprint density at radius 2 is 2.10 bits per heavy atom. The molecule has 0 amide bonds. The van der Waals surface area contributed by atoms with Crippen molar-refractivity contribution in [2.45, 2.75) is 19.1 Å². The summed E-state index contributed by atoms with van der Waals surface area (Å²) in [7, 11) is 0. The minimum absolute atomic E-state index is 0.116. The summed E-state index contributed by atoms with van der Waals surface area (Å²) < 4.78 is 5.86. The van der Waals surface area contributed by atoms with Crippen LogP contribution in [0.5, 0.6) is 11.5 Å². The van der Waals surface area contributed by atoms with Crippen LogP contribution in [0.3, 0.4) is 0 Å². The smallest absolute Gasteiger partial charge is 0.134 e. The molecule has 4 heteroatoms. The molecule has 104 valence electrons. The van der Waals surface area contributed by atoms with Gasteiger partial charge in [0.15, 0.2) is 0 Å². The fourth-order valence-corrected chi connectivity index (χ4v) is 2.61. The molecule has 0 fully saturated rings. The molecule has 1 aliphatic heterocycles. The lowest BCUT2D eigenvalue weighted by molar-refractivity contribution is 0.227. The fraction of sp³-hybridized carbons (Fsp3) is 0.250. The fourth-order valence-electron chi connectivity index (χ4n) is 2.41. The van der Waals surface area contributed by atoms with Crippen LogP contribution in [-0.2, 0) is 13.0 Å². The van der Waals surface area contributed by atoms with Crippen LogP contribution < -0.4 is 10.1 Å². The number of para-hydroxylation sites is 1. The van der Waals surface area contributed by atoms with E-state index in [2.05, 4.69) is 11.4 Å². The van der Waals surface area contributed by atoms with Gasteiger partial charge in [-0.2, -0.15) is 0 Å².